The summed E-state index contributed by atoms with van der Waals surface area (Å²) < 4.78 is 0. The van der Waals surface area contributed by atoms with Crippen LogP contribution in [0.25, 0.3) is 0 Å². The van der Waals surface area contributed by atoms with E-state index in [2.05, 4.69) is 19.2 Å². The second kappa shape index (κ2) is 7.56. The Balaban J connectivity index is 2.91. The van der Waals surface area contributed by atoms with Crippen LogP contribution in [-0.4, -0.2) is 17.9 Å². The van der Waals surface area contributed by atoms with Crippen molar-refractivity contribution in [3.05, 3.63) is 0 Å². The van der Waals surface area contributed by atoms with E-state index in [1.807, 2.05) is 0 Å². The molecule has 0 bridgehead atoms. The maximum absolute atomic E-state index is 8.89. The van der Waals surface area contributed by atoms with E-state index in [-0.39, 0.29) is 6.23 Å². The first-order chi connectivity index (χ1) is 5.63. The number of nitrogens with one attached hydrogen (secondary N) is 1. The summed E-state index contributed by atoms with van der Waals surface area (Å²) in [7, 11) is 0. The van der Waals surface area contributed by atoms with Crippen molar-refractivity contribution in [1.29, 1.82) is 0 Å². The molecule has 0 aromatic heterocycles. The molecule has 0 aromatic carbocycles. The van der Waals surface area contributed by atoms with Crippen molar-refractivity contribution < 1.29 is 5.11 Å². The average molecular weight is 173 g/mol. The van der Waals surface area contributed by atoms with Gasteiger partial charge in [0.1, 0.15) is 6.23 Å². The Morgan fingerprint density at radius 2 is 1.75 bits per heavy atom. The highest BCUT2D eigenvalue weighted by Gasteiger charge is 1.95. The van der Waals surface area contributed by atoms with Crippen LogP contribution in [0.1, 0.15) is 46.5 Å². The molecule has 0 saturated heterocycles. The van der Waals surface area contributed by atoms with Crippen molar-refractivity contribution in [2.45, 2.75) is 52.7 Å². The zero-order chi connectivity index (χ0) is 9.40. The minimum absolute atomic E-state index is 0.352. The van der Waals surface area contributed by atoms with Gasteiger partial charge in [0.2, 0.25) is 0 Å². The predicted octanol–water partition coefficient (Wildman–Crippen LogP) is 2.13. The van der Waals surface area contributed by atoms with Gasteiger partial charge in [-0.3, -0.25) is 5.32 Å². The van der Waals surface area contributed by atoms with Gasteiger partial charge in [-0.2, -0.15) is 0 Å². The number of rotatable bonds is 7. The van der Waals surface area contributed by atoms with E-state index in [1.54, 1.807) is 6.92 Å². The summed E-state index contributed by atoms with van der Waals surface area (Å²) in [6, 6.07) is 0. The van der Waals surface area contributed by atoms with Gasteiger partial charge in [-0.15, -0.1) is 0 Å². The molecule has 0 fully saturated rings. The fourth-order valence-corrected chi connectivity index (χ4v) is 1.17. The van der Waals surface area contributed by atoms with Crippen LogP contribution in [0.2, 0.25) is 0 Å². The van der Waals surface area contributed by atoms with Crippen LogP contribution in [0, 0.1) is 5.92 Å². The summed E-state index contributed by atoms with van der Waals surface area (Å²) in [5, 5.41) is 11.9. The molecule has 0 amide bonds. The molecule has 2 heteroatoms. The standard InChI is InChI=1S/C10H23NO/c1-9(2)7-5-4-6-8-11-10(3)12/h9-12H,4-8H2,1-3H3. The van der Waals surface area contributed by atoms with Gasteiger partial charge in [-0.05, 0) is 25.8 Å². The monoisotopic (exact) mass is 173 g/mol. The van der Waals surface area contributed by atoms with E-state index in [4.69, 9.17) is 5.11 Å². The topological polar surface area (TPSA) is 32.3 Å². The summed E-state index contributed by atoms with van der Waals surface area (Å²) in [4.78, 5) is 0. The molecule has 0 aliphatic heterocycles. The number of unbranched alkanes of at least 4 members (excludes halogenated alkanes) is 2. The van der Waals surface area contributed by atoms with Gasteiger partial charge < -0.3 is 5.11 Å². The highest BCUT2D eigenvalue weighted by molar-refractivity contribution is 4.50. The molecule has 0 aliphatic rings. The fraction of sp³-hybridized carbons (Fsp3) is 1.00. The van der Waals surface area contributed by atoms with Crippen molar-refractivity contribution in [2.75, 3.05) is 6.54 Å². The number of aliphatic hydroxyl groups excluding tert-OH is 1. The Kier molecular flexibility index (Phi) is 7.51. The fourth-order valence-electron chi connectivity index (χ4n) is 1.17. The third-order valence-electron chi connectivity index (χ3n) is 1.90. The lowest BCUT2D eigenvalue weighted by Crippen LogP contribution is -2.26. The number of aliphatic hydroxyl groups is 1. The Morgan fingerprint density at radius 1 is 1.08 bits per heavy atom. The van der Waals surface area contributed by atoms with Crippen LogP contribution in [-0.2, 0) is 0 Å². The third kappa shape index (κ3) is 9.92. The minimum atomic E-state index is -0.352. The second-order valence-corrected chi connectivity index (χ2v) is 3.87. The Bertz CT molecular complexity index is 79.8. The maximum atomic E-state index is 8.89. The van der Waals surface area contributed by atoms with Crippen LogP contribution in [0.4, 0.5) is 0 Å². The molecule has 0 rings (SSSR count). The molecular weight excluding hydrogens is 150 g/mol. The SMILES string of the molecule is CC(C)CCCCCNC(C)O. The van der Waals surface area contributed by atoms with Gasteiger partial charge in [0.05, 0.1) is 0 Å². The number of hydrogen-bond donors (Lipinski definition) is 2. The molecule has 74 valence electrons. The van der Waals surface area contributed by atoms with Crippen molar-refractivity contribution in [2.24, 2.45) is 5.92 Å². The Hall–Kier alpha value is -0.0800. The van der Waals surface area contributed by atoms with E-state index in [0.29, 0.717) is 0 Å². The van der Waals surface area contributed by atoms with Gasteiger partial charge in [0.15, 0.2) is 0 Å². The lowest BCUT2D eigenvalue weighted by Gasteiger charge is -2.07. The molecule has 12 heavy (non-hydrogen) atoms. The van der Waals surface area contributed by atoms with Gasteiger partial charge >= 0.3 is 0 Å². The summed E-state index contributed by atoms with van der Waals surface area (Å²) in [6.45, 7) is 7.21. The molecule has 1 unspecified atom stereocenters. The highest BCUT2D eigenvalue weighted by atomic mass is 16.3. The molecular formula is C10H23NO. The van der Waals surface area contributed by atoms with Gasteiger partial charge in [-0.25, -0.2) is 0 Å². The molecule has 0 saturated carbocycles. The van der Waals surface area contributed by atoms with Gasteiger partial charge in [0, 0.05) is 0 Å². The summed E-state index contributed by atoms with van der Waals surface area (Å²) in [6.07, 6.45) is 4.75. The smallest absolute Gasteiger partial charge is 0.102 e. The summed E-state index contributed by atoms with van der Waals surface area (Å²) in [5.74, 6) is 0.828. The van der Waals surface area contributed by atoms with E-state index in [1.165, 1.54) is 25.7 Å². The summed E-state index contributed by atoms with van der Waals surface area (Å²) >= 11 is 0. The zero-order valence-electron chi connectivity index (χ0n) is 8.64. The normalized spacial score (nSPS) is 13.8. The molecule has 2 N–H and O–H groups in total. The molecule has 0 radical (unpaired) electrons. The van der Waals surface area contributed by atoms with Crippen LogP contribution in [0.15, 0.2) is 0 Å². The largest absolute Gasteiger partial charge is 0.379 e. The van der Waals surface area contributed by atoms with E-state index < -0.39 is 0 Å². The zero-order valence-corrected chi connectivity index (χ0v) is 8.64. The maximum Gasteiger partial charge on any atom is 0.102 e. The quantitative estimate of drug-likeness (QED) is 0.456. The summed E-state index contributed by atoms with van der Waals surface area (Å²) in [5.41, 5.74) is 0. The van der Waals surface area contributed by atoms with Crippen molar-refractivity contribution in [1.82, 2.24) is 5.32 Å². The second-order valence-electron chi connectivity index (χ2n) is 3.87. The first-order valence-electron chi connectivity index (χ1n) is 5.04. The predicted molar refractivity (Wildman–Crippen MR) is 53.0 cm³/mol. The molecule has 1 atom stereocenters. The van der Waals surface area contributed by atoms with Gasteiger partial charge in [-0.1, -0.05) is 33.1 Å². The average Bonchev–Trinajstić information content (AvgIpc) is 1.95. The first kappa shape index (κ1) is 11.9. The lowest BCUT2D eigenvalue weighted by molar-refractivity contribution is 0.156. The Morgan fingerprint density at radius 3 is 2.25 bits per heavy atom. The van der Waals surface area contributed by atoms with Gasteiger partial charge in [0.25, 0.3) is 0 Å². The number of hydrogen-bond acceptors (Lipinski definition) is 2. The first-order valence-corrected chi connectivity index (χ1v) is 5.04. The van der Waals surface area contributed by atoms with Crippen molar-refractivity contribution in [3.8, 4) is 0 Å². The Labute approximate surface area is 76.4 Å². The minimum Gasteiger partial charge on any atom is -0.379 e. The molecule has 0 heterocycles. The van der Waals surface area contributed by atoms with Crippen molar-refractivity contribution >= 4 is 0 Å². The van der Waals surface area contributed by atoms with Crippen LogP contribution < -0.4 is 5.32 Å². The van der Waals surface area contributed by atoms with E-state index >= 15 is 0 Å². The molecule has 0 aliphatic carbocycles. The van der Waals surface area contributed by atoms with E-state index in [9.17, 15) is 0 Å². The van der Waals surface area contributed by atoms with Crippen LogP contribution >= 0.6 is 0 Å². The molecule has 2 nitrogen and oxygen atoms in total. The third-order valence-corrected chi connectivity index (χ3v) is 1.90. The van der Waals surface area contributed by atoms with Crippen LogP contribution in [0.5, 0.6) is 0 Å². The molecule has 0 aromatic rings. The lowest BCUT2D eigenvalue weighted by atomic mass is 10.1. The molecule has 0 spiro atoms. The van der Waals surface area contributed by atoms with E-state index in [0.717, 1.165) is 12.5 Å². The van der Waals surface area contributed by atoms with Crippen molar-refractivity contribution in [3.63, 3.8) is 0 Å². The van der Waals surface area contributed by atoms with Crippen LogP contribution in [0.3, 0.4) is 0 Å². The highest BCUT2D eigenvalue weighted by Crippen LogP contribution is 2.07.